The fourth-order valence-electron chi connectivity index (χ4n) is 2.24. The Bertz CT molecular complexity index is 518. The molecule has 0 amide bonds. The summed E-state index contributed by atoms with van der Waals surface area (Å²) in [6.45, 7) is 8.42. The molecule has 0 heterocycles. The van der Waals surface area contributed by atoms with Crippen molar-refractivity contribution < 1.29 is 8.42 Å². The molecule has 3 nitrogen and oxygen atoms in total. The Labute approximate surface area is 129 Å². The van der Waals surface area contributed by atoms with Gasteiger partial charge in [-0.05, 0) is 35.8 Å². The maximum absolute atomic E-state index is 12.1. The molecule has 0 saturated heterocycles. The summed E-state index contributed by atoms with van der Waals surface area (Å²) in [4.78, 5) is 0. The van der Waals surface area contributed by atoms with Crippen LogP contribution in [-0.4, -0.2) is 19.9 Å². The van der Waals surface area contributed by atoms with Crippen molar-refractivity contribution in [1.29, 1.82) is 0 Å². The third-order valence-electron chi connectivity index (χ3n) is 3.49. The third kappa shape index (κ3) is 7.09. The minimum absolute atomic E-state index is 0.0310. The van der Waals surface area contributed by atoms with Crippen LogP contribution in [0.3, 0.4) is 0 Å². The second-order valence-electron chi connectivity index (χ2n) is 6.74. The molecule has 0 aromatic heterocycles. The summed E-state index contributed by atoms with van der Waals surface area (Å²) in [5, 5.41) is 0. The monoisotopic (exact) mass is 311 g/mol. The highest BCUT2D eigenvalue weighted by Gasteiger charge is 2.18. The van der Waals surface area contributed by atoms with Gasteiger partial charge in [-0.25, -0.2) is 8.42 Å². The summed E-state index contributed by atoms with van der Waals surface area (Å²) in [5.41, 5.74) is 8.23. The summed E-state index contributed by atoms with van der Waals surface area (Å²) < 4.78 is 24.1. The van der Waals surface area contributed by atoms with Crippen LogP contribution in [-0.2, 0) is 16.3 Å². The van der Waals surface area contributed by atoms with Gasteiger partial charge in [0, 0.05) is 6.04 Å². The standard InChI is InChI=1S/C17H29NO2S/c1-13(2)9-10-21(19,20)12-17(18)16-7-5-15(6-8-16)11-14(3)4/h5-8,13-14,17H,9-12,18H2,1-4H3. The van der Waals surface area contributed by atoms with Crippen LogP contribution >= 0.6 is 0 Å². The first-order valence-electron chi connectivity index (χ1n) is 7.74. The van der Waals surface area contributed by atoms with Crippen LogP contribution in [0.1, 0.15) is 51.3 Å². The summed E-state index contributed by atoms with van der Waals surface area (Å²) >= 11 is 0. The highest BCUT2D eigenvalue weighted by molar-refractivity contribution is 7.91. The van der Waals surface area contributed by atoms with Crippen LogP contribution in [0.4, 0.5) is 0 Å². The van der Waals surface area contributed by atoms with E-state index in [1.165, 1.54) is 5.56 Å². The maximum atomic E-state index is 12.1. The maximum Gasteiger partial charge on any atom is 0.152 e. The van der Waals surface area contributed by atoms with Crippen molar-refractivity contribution in [3.05, 3.63) is 35.4 Å². The van der Waals surface area contributed by atoms with Crippen molar-refractivity contribution in [2.75, 3.05) is 11.5 Å². The van der Waals surface area contributed by atoms with Gasteiger partial charge in [-0.1, -0.05) is 52.0 Å². The zero-order valence-corrected chi connectivity index (χ0v) is 14.5. The molecule has 21 heavy (non-hydrogen) atoms. The van der Waals surface area contributed by atoms with Crippen LogP contribution < -0.4 is 5.73 Å². The number of nitrogens with two attached hydrogens (primary N) is 1. The van der Waals surface area contributed by atoms with Gasteiger partial charge in [-0.3, -0.25) is 0 Å². The lowest BCUT2D eigenvalue weighted by Gasteiger charge is -2.14. The largest absolute Gasteiger partial charge is 0.323 e. The van der Waals surface area contributed by atoms with Crippen molar-refractivity contribution in [2.24, 2.45) is 17.6 Å². The number of sulfone groups is 1. The van der Waals surface area contributed by atoms with E-state index in [1.807, 2.05) is 26.0 Å². The minimum atomic E-state index is -3.08. The number of rotatable bonds is 8. The first-order valence-corrected chi connectivity index (χ1v) is 9.56. The van der Waals surface area contributed by atoms with Gasteiger partial charge >= 0.3 is 0 Å². The molecule has 0 aliphatic rings. The van der Waals surface area contributed by atoms with Gasteiger partial charge in [0.1, 0.15) is 0 Å². The van der Waals surface area contributed by atoms with Crippen LogP contribution in [0.15, 0.2) is 24.3 Å². The van der Waals surface area contributed by atoms with Crippen LogP contribution in [0.2, 0.25) is 0 Å². The van der Waals surface area contributed by atoms with E-state index in [1.54, 1.807) is 0 Å². The normalized spacial score (nSPS) is 13.9. The molecule has 0 radical (unpaired) electrons. The quantitative estimate of drug-likeness (QED) is 0.801. The molecule has 1 rings (SSSR count). The topological polar surface area (TPSA) is 60.2 Å². The average Bonchev–Trinajstić information content (AvgIpc) is 2.36. The van der Waals surface area contributed by atoms with Gasteiger partial charge in [0.05, 0.1) is 11.5 Å². The van der Waals surface area contributed by atoms with E-state index >= 15 is 0 Å². The van der Waals surface area contributed by atoms with Gasteiger partial charge in [0.2, 0.25) is 0 Å². The Balaban J connectivity index is 2.64. The minimum Gasteiger partial charge on any atom is -0.323 e. The Morgan fingerprint density at radius 1 is 1.00 bits per heavy atom. The van der Waals surface area contributed by atoms with Crippen LogP contribution in [0.25, 0.3) is 0 Å². The van der Waals surface area contributed by atoms with E-state index < -0.39 is 15.9 Å². The molecule has 0 spiro atoms. The van der Waals surface area contributed by atoms with Crippen molar-refractivity contribution in [1.82, 2.24) is 0 Å². The average molecular weight is 311 g/mol. The fraction of sp³-hybridized carbons (Fsp3) is 0.647. The Hall–Kier alpha value is -0.870. The molecule has 1 atom stereocenters. The molecule has 1 unspecified atom stereocenters. The number of hydrogen-bond donors (Lipinski definition) is 1. The highest BCUT2D eigenvalue weighted by atomic mass is 32.2. The molecule has 4 heteroatoms. The van der Waals surface area contributed by atoms with Crippen molar-refractivity contribution in [3.63, 3.8) is 0 Å². The van der Waals surface area contributed by atoms with E-state index in [9.17, 15) is 8.42 Å². The number of hydrogen-bond acceptors (Lipinski definition) is 3. The van der Waals surface area contributed by atoms with E-state index in [-0.39, 0.29) is 11.5 Å². The Morgan fingerprint density at radius 3 is 2.05 bits per heavy atom. The Kier molecular flexibility index (Phi) is 6.88. The molecule has 0 aliphatic heterocycles. The van der Waals surface area contributed by atoms with Crippen LogP contribution in [0.5, 0.6) is 0 Å². The zero-order chi connectivity index (χ0) is 16.0. The van der Waals surface area contributed by atoms with E-state index in [2.05, 4.69) is 26.0 Å². The van der Waals surface area contributed by atoms with E-state index in [0.29, 0.717) is 18.3 Å². The lowest BCUT2D eigenvalue weighted by molar-refractivity contribution is 0.568. The van der Waals surface area contributed by atoms with E-state index in [4.69, 9.17) is 5.73 Å². The SMILES string of the molecule is CC(C)CCS(=O)(=O)CC(N)c1ccc(CC(C)C)cc1. The summed E-state index contributed by atoms with van der Waals surface area (Å²) in [5.74, 6) is 1.26. The summed E-state index contributed by atoms with van der Waals surface area (Å²) in [6, 6.07) is 7.59. The molecule has 1 aromatic carbocycles. The molecular weight excluding hydrogens is 282 g/mol. The molecule has 0 aliphatic carbocycles. The van der Waals surface area contributed by atoms with Gasteiger partial charge in [0.25, 0.3) is 0 Å². The second-order valence-corrected chi connectivity index (χ2v) is 8.97. The van der Waals surface area contributed by atoms with Crippen LogP contribution in [0, 0.1) is 11.8 Å². The molecule has 120 valence electrons. The predicted molar refractivity (Wildman–Crippen MR) is 90.0 cm³/mol. The van der Waals surface area contributed by atoms with Crippen molar-refractivity contribution >= 4 is 9.84 Å². The van der Waals surface area contributed by atoms with E-state index in [0.717, 1.165) is 12.0 Å². The van der Waals surface area contributed by atoms with Crippen molar-refractivity contribution in [3.8, 4) is 0 Å². The lowest BCUT2D eigenvalue weighted by Crippen LogP contribution is -2.24. The van der Waals surface area contributed by atoms with Gasteiger partial charge in [0.15, 0.2) is 9.84 Å². The molecular formula is C17H29NO2S. The summed E-state index contributed by atoms with van der Waals surface area (Å²) in [6.07, 6.45) is 1.73. The second kappa shape index (κ2) is 7.95. The lowest BCUT2D eigenvalue weighted by atomic mass is 10.0. The van der Waals surface area contributed by atoms with Crippen molar-refractivity contribution in [2.45, 2.75) is 46.6 Å². The zero-order valence-electron chi connectivity index (χ0n) is 13.7. The molecule has 0 bridgehead atoms. The first-order chi connectivity index (χ1) is 9.69. The van der Waals surface area contributed by atoms with Gasteiger partial charge in [-0.15, -0.1) is 0 Å². The molecule has 0 saturated carbocycles. The Morgan fingerprint density at radius 2 is 1.57 bits per heavy atom. The number of benzene rings is 1. The summed E-state index contributed by atoms with van der Waals surface area (Å²) in [7, 11) is -3.08. The highest BCUT2D eigenvalue weighted by Crippen LogP contribution is 2.17. The fourth-order valence-corrected chi connectivity index (χ4v) is 3.98. The molecule has 2 N–H and O–H groups in total. The van der Waals surface area contributed by atoms with Gasteiger partial charge < -0.3 is 5.73 Å². The predicted octanol–water partition coefficient (Wildman–Crippen LogP) is 3.35. The smallest absolute Gasteiger partial charge is 0.152 e. The first kappa shape index (κ1) is 18.2. The van der Waals surface area contributed by atoms with Gasteiger partial charge in [-0.2, -0.15) is 0 Å². The molecule has 0 fully saturated rings. The molecule has 1 aromatic rings. The third-order valence-corrected chi connectivity index (χ3v) is 5.22.